The van der Waals surface area contributed by atoms with E-state index >= 15 is 0 Å². The summed E-state index contributed by atoms with van der Waals surface area (Å²) in [5.74, 6) is 1.51. The van der Waals surface area contributed by atoms with Gasteiger partial charge in [-0.3, -0.25) is 9.59 Å². The maximum Gasteiger partial charge on any atom is 0.253 e. The van der Waals surface area contributed by atoms with E-state index in [1.165, 1.54) is 41.4 Å². The summed E-state index contributed by atoms with van der Waals surface area (Å²) >= 11 is 0. The van der Waals surface area contributed by atoms with Crippen molar-refractivity contribution in [1.29, 1.82) is 0 Å². The largest absolute Gasteiger partial charge is 0.381 e. The molecule has 1 atom stereocenters. The molecule has 2 aliphatic heterocycles. The summed E-state index contributed by atoms with van der Waals surface area (Å²) < 4.78 is 13.0. The Labute approximate surface area is 201 Å². The molecular weight excluding hydrogens is 430 g/mol. The number of nitrogens with zero attached hydrogens (tertiary/aromatic N) is 2. The second kappa shape index (κ2) is 10.1. The molecule has 1 unspecified atom stereocenters. The summed E-state index contributed by atoms with van der Waals surface area (Å²) in [6, 6.07) is 6.31. The molecule has 0 spiro atoms. The Morgan fingerprint density at radius 2 is 1.91 bits per heavy atom. The molecule has 184 valence electrons. The summed E-state index contributed by atoms with van der Waals surface area (Å²) in [4.78, 5) is 26.9. The minimum atomic E-state index is 0.0177. The van der Waals surface area contributed by atoms with Gasteiger partial charge in [0.25, 0.3) is 5.91 Å². The van der Waals surface area contributed by atoms with Crippen LogP contribution in [0, 0.1) is 11.8 Å². The molecule has 2 fully saturated rings. The smallest absolute Gasteiger partial charge is 0.253 e. The lowest BCUT2D eigenvalue weighted by Gasteiger charge is -2.33. The molecule has 3 heterocycles. The molecule has 0 saturated carbocycles. The maximum absolute atomic E-state index is 13.2. The monoisotopic (exact) mass is 467 g/mol. The quantitative estimate of drug-likeness (QED) is 0.679. The standard InChI is InChI=1S/C27H37N3O4/c1-29(11-3-4-26(31)28-21-16-34-17-21)27(32)20-6-8-25-23(15-20)22-14-19(5-7-24(22)30(25)2)18-9-12-33-13-10-18/h6,8,15,18-19,21H,3-5,7,9-14,16-17H2,1-2H3,(H,28,31). The van der Waals surface area contributed by atoms with Gasteiger partial charge in [0, 0.05) is 62.4 Å². The number of hydrogen-bond acceptors (Lipinski definition) is 4. The maximum atomic E-state index is 13.2. The van der Waals surface area contributed by atoms with Crippen LogP contribution in [0.25, 0.3) is 10.9 Å². The van der Waals surface area contributed by atoms with Crippen LogP contribution >= 0.6 is 0 Å². The van der Waals surface area contributed by atoms with E-state index in [-0.39, 0.29) is 17.9 Å². The highest BCUT2D eigenvalue weighted by molar-refractivity contribution is 5.99. The SMILES string of the molecule is CN(CCCC(=O)NC1COC1)C(=O)c1ccc2c(c1)c1c(n2C)CCC(C2CCOCC2)C1. The van der Waals surface area contributed by atoms with Crippen molar-refractivity contribution in [3.05, 3.63) is 35.0 Å². The topological polar surface area (TPSA) is 72.8 Å². The molecule has 0 radical (unpaired) electrons. The molecule has 5 rings (SSSR count). The summed E-state index contributed by atoms with van der Waals surface area (Å²) in [5, 5.41) is 4.18. The van der Waals surface area contributed by atoms with Gasteiger partial charge in [0.2, 0.25) is 5.91 Å². The molecule has 3 aliphatic rings. The average molecular weight is 468 g/mol. The first kappa shape index (κ1) is 23.4. The van der Waals surface area contributed by atoms with Crippen molar-refractivity contribution in [1.82, 2.24) is 14.8 Å². The second-order valence-corrected chi connectivity index (χ2v) is 10.3. The van der Waals surface area contributed by atoms with Crippen LogP contribution in [0.15, 0.2) is 18.2 Å². The number of hydrogen-bond donors (Lipinski definition) is 1. The normalized spacial score (nSPS) is 21.2. The van der Waals surface area contributed by atoms with Crippen molar-refractivity contribution in [2.75, 3.05) is 40.0 Å². The van der Waals surface area contributed by atoms with Gasteiger partial charge in [-0.2, -0.15) is 0 Å². The molecule has 2 amide bonds. The van der Waals surface area contributed by atoms with Crippen molar-refractivity contribution in [3.63, 3.8) is 0 Å². The number of amides is 2. The van der Waals surface area contributed by atoms with Gasteiger partial charge in [-0.25, -0.2) is 0 Å². The Hall–Kier alpha value is -2.38. The van der Waals surface area contributed by atoms with Gasteiger partial charge in [-0.05, 0) is 74.1 Å². The molecule has 1 aromatic heterocycles. The molecule has 34 heavy (non-hydrogen) atoms. The number of benzene rings is 1. The molecule has 7 heteroatoms. The molecular formula is C27H37N3O4. The van der Waals surface area contributed by atoms with Crippen LogP contribution in [0.3, 0.4) is 0 Å². The first-order chi connectivity index (χ1) is 16.5. The Kier molecular flexibility index (Phi) is 6.93. The predicted octanol–water partition coefficient (Wildman–Crippen LogP) is 3.08. The van der Waals surface area contributed by atoms with Crippen LogP contribution in [0.5, 0.6) is 0 Å². The molecule has 0 bridgehead atoms. The van der Waals surface area contributed by atoms with E-state index in [0.717, 1.165) is 37.5 Å². The fraction of sp³-hybridized carbons (Fsp3) is 0.630. The molecule has 2 aromatic rings. The van der Waals surface area contributed by atoms with Gasteiger partial charge in [0.15, 0.2) is 0 Å². The fourth-order valence-corrected chi connectivity index (χ4v) is 5.95. The van der Waals surface area contributed by atoms with Crippen LogP contribution in [-0.4, -0.2) is 67.3 Å². The lowest BCUT2D eigenvalue weighted by molar-refractivity contribution is -0.125. The molecule has 1 N–H and O–H groups in total. The molecule has 1 aliphatic carbocycles. The summed E-state index contributed by atoms with van der Waals surface area (Å²) in [6.07, 6.45) is 6.88. The van der Waals surface area contributed by atoms with E-state index in [9.17, 15) is 9.59 Å². The summed E-state index contributed by atoms with van der Waals surface area (Å²) in [5.41, 5.74) is 4.81. The van der Waals surface area contributed by atoms with E-state index in [1.807, 2.05) is 13.1 Å². The van der Waals surface area contributed by atoms with Gasteiger partial charge < -0.3 is 24.3 Å². The lowest BCUT2D eigenvalue weighted by atomic mass is 9.75. The molecule has 7 nitrogen and oxygen atoms in total. The van der Waals surface area contributed by atoms with Crippen molar-refractivity contribution in [3.8, 4) is 0 Å². The number of ether oxygens (including phenoxy) is 2. The zero-order valence-corrected chi connectivity index (χ0v) is 20.5. The number of nitrogens with one attached hydrogen (secondary N) is 1. The summed E-state index contributed by atoms with van der Waals surface area (Å²) in [6.45, 7) is 3.55. The highest BCUT2D eigenvalue weighted by atomic mass is 16.5. The number of aromatic nitrogens is 1. The number of fused-ring (bicyclic) bond motifs is 3. The van der Waals surface area contributed by atoms with Crippen LogP contribution in [0.2, 0.25) is 0 Å². The van der Waals surface area contributed by atoms with E-state index in [4.69, 9.17) is 9.47 Å². The first-order valence-electron chi connectivity index (χ1n) is 12.8. The van der Waals surface area contributed by atoms with Gasteiger partial charge in [-0.15, -0.1) is 0 Å². The van der Waals surface area contributed by atoms with Gasteiger partial charge >= 0.3 is 0 Å². The zero-order chi connectivity index (χ0) is 23.7. The lowest BCUT2D eigenvalue weighted by Crippen LogP contribution is -2.48. The van der Waals surface area contributed by atoms with Gasteiger partial charge in [0.1, 0.15) is 0 Å². The predicted molar refractivity (Wildman–Crippen MR) is 131 cm³/mol. The summed E-state index contributed by atoms with van der Waals surface area (Å²) in [7, 11) is 3.98. The average Bonchev–Trinajstić information content (AvgIpc) is 3.12. The van der Waals surface area contributed by atoms with Crippen molar-refractivity contribution in [2.24, 2.45) is 18.9 Å². The molecule has 1 aromatic carbocycles. The number of carbonyl (C=O) groups is 2. The van der Waals surface area contributed by atoms with Gasteiger partial charge in [0.05, 0.1) is 19.3 Å². The van der Waals surface area contributed by atoms with E-state index in [2.05, 4.69) is 29.1 Å². The first-order valence-corrected chi connectivity index (χ1v) is 12.8. The van der Waals surface area contributed by atoms with Crippen LogP contribution in [-0.2, 0) is 34.2 Å². The zero-order valence-electron chi connectivity index (χ0n) is 20.5. The van der Waals surface area contributed by atoms with Crippen LogP contribution in [0.4, 0.5) is 0 Å². The van der Waals surface area contributed by atoms with Crippen molar-refractivity contribution >= 4 is 22.7 Å². The number of rotatable bonds is 7. The minimum Gasteiger partial charge on any atom is -0.381 e. The van der Waals surface area contributed by atoms with E-state index in [0.29, 0.717) is 38.5 Å². The molecule has 2 saturated heterocycles. The highest BCUT2D eigenvalue weighted by Crippen LogP contribution is 2.39. The highest BCUT2D eigenvalue weighted by Gasteiger charge is 2.31. The van der Waals surface area contributed by atoms with E-state index < -0.39 is 0 Å². The number of carbonyl (C=O) groups excluding carboxylic acids is 2. The van der Waals surface area contributed by atoms with Crippen molar-refractivity contribution < 1.29 is 19.1 Å². The van der Waals surface area contributed by atoms with E-state index in [1.54, 1.807) is 4.90 Å². The third kappa shape index (κ3) is 4.73. The number of aryl methyl sites for hydroxylation is 1. The second-order valence-electron chi connectivity index (χ2n) is 10.3. The van der Waals surface area contributed by atoms with Gasteiger partial charge in [-0.1, -0.05) is 0 Å². The Morgan fingerprint density at radius 3 is 2.65 bits per heavy atom. The Bertz CT molecular complexity index is 1050. The van der Waals surface area contributed by atoms with Crippen LogP contribution in [0.1, 0.15) is 53.7 Å². The Balaban J connectivity index is 1.25. The Morgan fingerprint density at radius 1 is 1.12 bits per heavy atom. The van der Waals surface area contributed by atoms with Crippen LogP contribution < -0.4 is 5.32 Å². The van der Waals surface area contributed by atoms with Crippen molar-refractivity contribution in [2.45, 2.75) is 51.0 Å². The third-order valence-electron chi connectivity index (χ3n) is 8.08. The fourth-order valence-electron chi connectivity index (χ4n) is 5.95. The third-order valence-corrected chi connectivity index (χ3v) is 8.08. The minimum absolute atomic E-state index is 0.0177.